The molecule has 0 amide bonds. The summed E-state index contributed by atoms with van der Waals surface area (Å²) >= 11 is 0. The molecule has 2 aromatic rings. The average Bonchev–Trinajstić information content (AvgIpc) is 2.79. The highest BCUT2D eigenvalue weighted by Gasteiger charge is 2.39. The van der Waals surface area contributed by atoms with Crippen molar-refractivity contribution < 1.29 is 28.0 Å². The minimum absolute atomic E-state index is 0.0153. The second kappa shape index (κ2) is 5.13. The number of hydrogen-bond donors (Lipinski definition) is 2. The Labute approximate surface area is 120 Å². The van der Waals surface area contributed by atoms with Gasteiger partial charge >= 0.3 is 12.1 Å². The van der Waals surface area contributed by atoms with E-state index >= 15 is 0 Å². The number of aromatic carboxylic acids is 1. The summed E-state index contributed by atoms with van der Waals surface area (Å²) < 4.78 is 38.8. The van der Waals surface area contributed by atoms with Gasteiger partial charge in [-0.3, -0.25) is 15.2 Å². The van der Waals surface area contributed by atoms with Crippen molar-refractivity contribution in [2.45, 2.75) is 13.1 Å². The first-order chi connectivity index (χ1) is 10.1. The fourth-order valence-electron chi connectivity index (χ4n) is 1.99. The highest BCUT2D eigenvalue weighted by atomic mass is 19.4. The number of nitrogens with one attached hydrogen (secondary N) is 1. The summed E-state index contributed by atoms with van der Waals surface area (Å²) in [6.07, 6.45) is -4.81. The molecular weight excluding hydrogens is 307 g/mol. The zero-order valence-corrected chi connectivity index (χ0v) is 10.9. The maximum absolute atomic E-state index is 12.9. The molecule has 0 saturated heterocycles. The Bertz CT molecular complexity index is 767. The topological polar surface area (TPSA) is 109 Å². The zero-order valence-electron chi connectivity index (χ0n) is 10.9. The second-order valence-corrected chi connectivity index (χ2v) is 4.36. The van der Waals surface area contributed by atoms with E-state index in [1.165, 1.54) is 6.92 Å². The van der Waals surface area contributed by atoms with Crippen LogP contribution in [0.2, 0.25) is 0 Å². The van der Waals surface area contributed by atoms with Crippen molar-refractivity contribution in [3.8, 4) is 11.1 Å². The van der Waals surface area contributed by atoms with Gasteiger partial charge in [0.1, 0.15) is 0 Å². The van der Waals surface area contributed by atoms with E-state index in [1.54, 1.807) is 0 Å². The average molecular weight is 315 g/mol. The molecule has 2 rings (SSSR count). The Morgan fingerprint density at radius 1 is 1.41 bits per heavy atom. The molecule has 0 aliphatic rings. The van der Waals surface area contributed by atoms with E-state index in [2.05, 4.69) is 10.2 Å². The number of aromatic nitrogens is 2. The molecule has 10 heteroatoms. The molecule has 0 aliphatic carbocycles. The predicted octanol–water partition coefficient (Wildman–Crippen LogP) is 3.01. The largest absolute Gasteiger partial charge is 0.478 e. The van der Waals surface area contributed by atoms with E-state index in [4.69, 9.17) is 5.11 Å². The number of rotatable bonds is 3. The Kier molecular flexibility index (Phi) is 3.61. The summed E-state index contributed by atoms with van der Waals surface area (Å²) in [7, 11) is 0. The third-order valence-electron chi connectivity index (χ3n) is 2.93. The van der Waals surface area contributed by atoms with Crippen LogP contribution in [-0.2, 0) is 6.18 Å². The number of carbonyl (C=O) groups is 1. The van der Waals surface area contributed by atoms with Crippen LogP contribution in [0.5, 0.6) is 0 Å². The van der Waals surface area contributed by atoms with Gasteiger partial charge in [0.2, 0.25) is 0 Å². The number of H-pyrrole nitrogens is 1. The van der Waals surface area contributed by atoms with E-state index in [9.17, 15) is 28.1 Å². The molecule has 0 unspecified atom stereocenters. The quantitative estimate of drug-likeness (QED) is 0.668. The lowest BCUT2D eigenvalue weighted by Gasteiger charge is -2.08. The van der Waals surface area contributed by atoms with Crippen molar-refractivity contribution in [3.63, 3.8) is 0 Å². The van der Waals surface area contributed by atoms with Crippen molar-refractivity contribution in [1.82, 2.24) is 10.2 Å². The monoisotopic (exact) mass is 315 g/mol. The molecule has 7 nitrogen and oxygen atoms in total. The van der Waals surface area contributed by atoms with E-state index in [0.717, 1.165) is 12.1 Å². The first-order valence-electron chi connectivity index (χ1n) is 5.77. The Hall–Kier alpha value is -2.91. The minimum atomic E-state index is -4.81. The smallest absolute Gasteiger partial charge is 0.435 e. The van der Waals surface area contributed by atoms with Crippen LogP contribution in [0.25, 0.3) is 11.1 Å². The van der Waals surface area contributed by atoms with Crippen LogP contribution in [0.3, 0.4) is 0 Å². The Morgan fingerprint density at radius 2 is 2.05 bits per heavy atom. The lowest BCUT2D eigenvalue weighted by atomic mass is 9.99. The van der Waals surface area contributed by atoms with Crippen molar-refractivity contribution in [2.24, 2.45) is 0 Å². The van der Waals surface area contributed by atoms with Gasteiger partial charge in [0.05, 0.1) is 16.1 Å². The molecular formula is C12H8F3N3O4. The first kappa shape index (κ1) is 15.5. The number of nitro groups is 1. The van der Waals surface area contributed by atoms with E-state index in [0.29, 0.717) is 6.07 Å². The number of nitro benzene ring substituents is 1. The van der Waals surface area contributed by atoms with E-state index < -0.39 is 39.6 Å². The summed E-state index contributed by atoms with van der Waals surface area (Å²) in [6, 6.07) is 2.68. The van der Waals surface area contributed by atoms with Crippen LogP contribution in [0.15, 0.2) is 18.2 Å². The number of alkyl halides is 3. The number of aryl methyl sites for hydroxylation is 1. The van der Waals surface area contributed by atoms with Gasteiger partial charge in [-0.05, 0) is 19.1 Å². The van der Waals surface area contributed by atoms with Crippen LogP contribution in [0, 0.1) is 17.0 Å². The van der Waals surface area contributed by atoms with Crippen LogP contribution in [0.1, 0.15) is 21.7 Å². The molecule has 22 heavy (non-hydrogen) atoms. The van der Waals surface area contributed by atoms with Crippen LogP contribution in [0.4, 0.5) is 18.9 Å². The number of aromatic amines is 1. The standard InChI is InChI=1S/C12H8F3N3O4/c1-5-9(10(17-16-5)12(13,14)15)7-3-2-6(11(19)20)4-8(7)18(21)22/h2-4H,1H3,(H,16,17)(H,19,20). The van der Waals surface area contributed by atoms with Crippen molar-refractivity contribution in [2.75, 3.05) is 0 Å². The van der Waals surface area contributed by atoms with Crippen LogP contribution < -0.4 is 0 Å². The van der Waals surface area contributed by atoms with Crippen molar-refractivity contribution in [1.29, 1.82) is 0 Å². The molecule has 0 aliphatic heterocycles. The zero-order chi connectivity index (χ0) is 16.7. The van der Waals surface area contributed by atoms with Gasteiger partial charge in [-0.1, -0.05) is 0 Å². The molecule has 0 radical (unpaired) electrons. The summed E-state index contributed by atoms with van der Waals surface area (Å²) in [5.74, 6) is -1.42. The summed E-state index contributed by atoms with van der Waals surface area (Å²) in [6.45, 7) is 1.28. The highest BCUT2D eigenvalue weighted by molar-refractivity contribution is 5.91. The lowest BCUT2D eigenvalue weighted by Crippen LogP contribution is -2.08. The molecule has 0 spiro atoms. The third kappa shape index (κ3) is 2.62. The SMILES string of the molecule is Cc1[nH]nc(C(F)(F)F)c1-c1ccc(C(=O)O)cc1[N+](=O)[O-]. The van der Waals surface area contributed by atoms with E-state index in [1.807, 2.05) is 0 Å². The fraction of sp³-hybridized carbons (Fsp3) is 0.167. The Morgan fingerprint density at radius 3 is 2.55 bits per heavy atom. The molecule has 1 heterocycles. The molecule has 1 aromatic heterocycles. The summed E-state index contributed by atoms with van der Waals surface area (Å²) in [5, 5.41) is 25.2. The van der Waals surface area contributed by atoms with Crippen LogP contribution >= 0.6 is 0 Å². The fourth-order valence-corrected chi connectivity index (χ4v) is 1.99. The normalized spacial score (nSPS) is 11.5. The maximum Gasteiger partial charge on any atom is 0.435 e. The molecule has 116 valence electrons. The summed E-state index contributed by atoms with van der Waals surface area (Å²) in [4.78, 5) is 21.0. The van der Waals surface area contributed by atoms with Crippen molar-refractivity contribution >= 4 is 11.7 Å². The Balaban J connectivity index is 2.76. The number of hydrogen-bond acceptors (Lipinski definition) is 4. The van der Waals surface area contributed by atoms with Crippen LogP contribution in [-0.4, -0.2) is 26.2 Å². The van der Waals surface area contributed by atoms with E-state index in [-0.39, 0.29) is 11.3 Å². The second-order valence-electron chi connectivity index (χ2n) is 4.36. The highest BCUT2D eigenvalue weighted by Crippen LogP contribution is 2.40. The third-order valence-corrected chi connectivity index (χ3v) is 2.93. The molecule has 0 fully saturated rings. The maximum atomic E-state index is 12.9. The van der Waals surface area contributed by atoms with Gasteiger partial charge in [0, 0.05) is 17.3 Å². The lowest BCUT2D eigenvalue weighted by molar-refractivity contribution is -0.384. The number of benzene rings is 1. The van der Waals surface area contributed by atoms with Gasteiger partial charge < -0.3 is 5.11 Å². The number of nitrogens with zero attached hydrogens (tertiary/aromatic N) is 2. The predicted molar refractivity (Wildman–Crippen MR) is 67.4 cm³/mol. The minimum Gasteiger partial charge on any atom is -0.478 e. The number of carboxylic acids is 1. The van der Waals surface area contributed by atoms with Gasteiger partial charge in [0.25, 0.3) is 5.69 Å². The first-order valence-corrected chi connectivity index (χ1v) is 5.77. The molecule has 0 bridgehead atoms. The molecule has 1 aromatic carbocycles. The van der Waals surface area contributed by atoms with Gasteiger partial charge in [-0.25, -0.2) is 4.79 Å². The van der Waals surface area contributed by atoms with Gasteiger partial charge in [-0.15, -0.1) is 0 Å². The number of carboxylic acid groups (broad SMARTS) is 1. The van der Waals surface area contributed by atoms with Crippen molar-refractivity contribution in [3.05, 3.63) is 45.3 Å². The molecule has 2 N–H and O–H groups in total. The van der Waals surface area contributed by atoms with Gasteiger partial charge in [-0.2, -0.15) is 18.3 Å². The summed E-state index contributed by atoms with van der Waals surface area (Å²) in [5.41, 5.74) is -3.28. The molecule has 0 atom stereocenters. The molecule has 0 saturated carbocycles. The number of halogens is 3. The van der Waals surface area contributed by atoms with Gasteiger partial charge in [0.15, 0.2) is 5.69 Å².